The fraction of sp³-hybridized carbons (Fsp3) is 0.750. The second-order valence-electron chi connectivity index (χ2n) is 4.27. The Kier molecular flexibility index (Phi) is 8.27. The molecule has 11 nitrogen and oxygen atoms in total. The summed E-state index contributed by atoms with van der Waals surface area (Å²) in [7, 11) is -9.13. The summed E-state index contributed by atoms with van der Waals surface area (Å²) in [5.41, 5.74) is 0. The number of carbonyl (C=O) groups excluding carboxylic acids is 2. The van der Waals surface area contributed by atoms with Crippen molar-refractivity contribution in [3.8, 4) is 0 Å². The van der Waals surface area contributed by atoms with E-state index >= 15 is 0 Å². The number of hydrogen-bond donors (Lipinski definition) is 6. The van der Waals surface area contributed by atoms with Gasteiger partial charge in [-0.05, 0) is 0 Å². The van der Waals surface area contributed by atoms with E-state index in [-0.39, 0.29) is 19.0 Å². The topological polar surface area (TPSA) is 176 Å². The Morgan fingerprint density at radius 1 is 0.952 bits per heavy atom. The fourth-order valence-corrected chi connectivity index (χ4v) is 2.97. The van der Waals surface area contributed by atoms with Gasteiger partial charge in [0.1, 0.15) is 12.6 Å². The molecule has 0 spiro atoms. The van der Waals surface area contributed by atoms with Crippen LogP contribution >= 0.6 is 15.2 Å². The summed E-state index contributed by atoms with van der Waals surface area (Å²) >= 11 is 0. The van der Waals surface area contributed by atoms with E-state index in [9.17, 15) is 18.7 Å². The van der Waals surface area contributed by atoms with Gasteiger partial charge in [-0.3, -0.25) is 23.6 Å². The number of nitrogens with one attached hydrogen (secondary N) is 2. The largest absolute Gasteiger partial charge is 0.355 e. The summed E-state index contributed by atoms with van der Waals surface area (Å²) in [6.45, 7) is 0.954. The first-order valence-electron chi connectivity index (χ1n) is 5.72. The van der Waals surface area contributed by atoms with Gasteiger partial charge in [0.15, 0.2) is 0 Å². The quantitative estimate of drug-likeness (QED) is 0.200. The third kappa shape index (κ3) is 13.9. The molecule has 0 atom stereocenters. The average molecular weight is 347 g/mol. The minimum atomic E-state index is -4.56. The van der Waals surface area contributed by atoms with Crippen molar-refractivity contribution in [2.45, 2.75) is 6.92 Å². The zero-order chi connectivity index (χ0) is 16.7. The molecule has 0 rings (SSSR count). The lowest BCUT2D eigenvalue weighted by atomic mass is 10.5. The van der Waals surface area contributed by atoms with E-state index in [0.29, 0.717) is 4.90 Å². The Balaban J connectivity index is 4.38. The lowest BCUT2D eigenvalue weighted by Gasteiger charge is -2.22. The van der Waals surface area contributed by atoms with Crippen molar-refractivity contribution >= 4 is 27.0 Å². The Morgan fingerprint density at radius 3 is 1.76 bits per heavy atom. The van der Waals surface area contributed by atoms with E-state index in [1.807, 2.05) is 0 Å². The maximum absolute atomic E-state index is 11.5. The van der Waals surface area contributed by atoms with Gasteiger partial charge in [0, 0.05) is 20.0 Å². The fourth-order valence-electron chi connectivity index (χ4n) is 1.37. The van der Waals surface area contributed by atoms with Gasteiger partial charge in [0.25, 0.3) is 0 Å². The van der Waals surface area contributed by atoms with Crippen molar-refractivity contribution < 1.29 is 38.3 Å². The van der Waals surface area contributed by atoms with Crippen LogP contribution in [0, 0.1) is 0 Å². The van der Waals surface area contributed by atoms with Crippen LogP contribution in [-0.2, 0) is 18.7 Å². The van der Waals surface area contributed by atoms with Crippen LogP contribution in [0.15, 0.2) is 0 Å². The molecular weight excluding hydrogens is 328 g/mol. The van der Waals surface area contributed by atoms with E-state index in [0.717, 1.165) is 0 Å². The van der Waals surface area contributed by atoms with Crippen LogP contribution in [0.3, 0.4) is 0 Å². The van der Waals surface area contributed by atoms with Crippen LogP contribution in [0.25, 0.3) is 0 Å². The van der Waals surface area contributed by atoms with Crippen molar-refractivity contribution in [1.82, 2.24) is 15.5 Å². The molecule has 0 aliphatic rings. The first kappa shape index (κ1) is 20.2. The Morgan fingerprint density at radius 2 is 1.38 bits per heavy atom. The molecule has 0 heterocycles. The maximum Gasteiger partial charge on any atom is 0.339 e. The summed E-state index contributed by atoms with van der Waals surface area (Å²) in [6, 6.07) is 0. The highest BCUT2D eigenvalue weighted by atomic mass is 31.2. The standard InChI is InChI=1S/C8H19N3O8P2/c1-7(12)9-2-3-10-8(13)4-11(5-20(14,15)16)6-21(17,18)19/h2-6H2,1H3,(H,9,12)(H,10,13)(H2,14,15,16)(H2,17,18,19). The molecule has 0 aromatic rings. The number of carbonyl (C=O) groups is 2. The van der Waals surface area contributed by atoms with Crippen LogP contribution in [0.4, 0.5) is 0 Å². The molecule has 0 bridgehead atoms. The van der Waals surface area contributed by atoms with Gasteiger partial charge >= 0.3 is 15.2 Å². The van der Waals surface area contributed by atoms with Crippen molar-refractivity contribution in [2.24, 2.45) is 0 Å². The first-order valence-corrected chi connectivity index (χ1v) is 9.31. The minimum Gasteiger partial charge on any atom is -0.355 e. The van der Waals surface area contributed by atoms with E-state index in [4.69, 9.17) is 19.6 Å². The minimum absolute atomic E-state index is 0.0814. The molecule has 21 heavy (non-hydrogen) atoms. The average Bonchev–Trinajstić information content (AvgIpc) is 2.18. The van der Waals surface area contributed by atoms with Crippen LogP contribution in [0.1, 0.15) is 6.92 Å². The summed E-state index contributed by atoms with van der Waals surface area (Å²) in [5, 5.41) is 4.75. The van der Waals surface area contributed by atoms with Crippen LogP contribution < -0.4 is 10.6 Å². The third-order valence-electron chi connectivity index (χ3n) is 1.96. The molecule has 0 saturated carbocycles. The number of rotatable bonds is 9. The molecule has 0 fully saturated rings. The van der Waals surface area contributed by atoms with Crippen LogP contribution in [0.2, 0.25) is 0 Å². The SMILES string of the molecule is CC(=O)NCCNC(=O)CN(CP(=O)(O)O)CP(=O)(O)O. The molecule has 0 radical (unpaired) electrons. The Labute approximate surface area is 121 Å². The van der Waals surface area contributed by atoms with Gasteiger partial charge in [-0.2, -0.15) is 0 Å². The van der Waals surface area contributed by atoms with E-state index in [2.05, 4.69) is 10.6 Å². The molecule has 0 aliphatic carbocycles. The van der Waals surface area contributed by atoms with E-state index < -0.39 is 40.2 Å². The molecule has 0 unspecified atom stereocenters. The van der Waals surface area contributed by atoms with Crippen LogP contribution in [-0.4, -0.2) is 68.5 Å². The lowest BCUT2D eigenvalue weighted by molar-refractivity contribution is -0.122. The molecule has 13 heteroatoms. The predicted octanol–water partition coefficient (Wildman–Crippen LogP) is -2.19. The second-order valence-corrected chi connectivity index (χ2v) is 7.50. The molecule has 124 valence electrons. The van der Waals surface area contributed by atoms with E-state index in [1.54, 1.807) is 0 Å². The zero-order valence-electron chi connectivity index (χ0n) is 11.3. The highest BCUT2D eigenvalue weighted by Crippen LogP contribution is 2.40. The summed E-state index contributed by atoms with van der Waals surface area (Å²) in [6.07, 6.45) is -1.89. The Hall–Kier alpha value is -0.800. The van der Waals surface area contributed by atoms with Gasteiger partial charge in [-0.15, -0.1) is 0 Å². The summed E-state index contributed by atoms with van der Waals surface area (Å²) < 4.78 is 21.7. The van der Waals surface area contributed by atoms with Crippen molar-refractivity contribution in [2.75, 3.05) is 32.2 Å². The van der Waals surface area contributed by atoms with Gasteiger partial charge in [0.2, 0.25) is 11.8 Å². The molecule has 0 aliphatic heterocycles. The molecule has 0 saturated heterocycles. The van der Waals surface area contributed by atoms with Gasteiger partial charge in [-0.25, -0.2) is 0 Å². The van der Waals surface area contributed by atoms with Gasteiger partial charge < -0.3 is 30.2 Å². The molecule has 0 aromatic heterocycles. The summed E-state index contributed by atoms with van der Waals surface area (Å²) in [4.78, 5) is 58.0. The zero-order valence-corrected chi connectivity index (χ0v) is 13.1. The smallest absolute Gasteiger partial charge is 0.339 e. The normalized spacial score (nSPS) is 12.3. The highest BCUT2D eigenvalue weighted by Gasteiger charge is 2.27. The maximum atomic E-state index is 11.5. The predicted molar refractivity (Wildman–Crippen MR) is 72.2 cm³/mol. The Bertz CT molecular complexity index is 434. The number of amides is 2. The molecule has 6 N–H and O–H groups in total. The van der Waals surface area contributed by atoms with Crippen molar-refractivity contribution in [3.63, 3.8) is 0 Å². The molecular formula is C8H19N3O8P2. The van der Waals surface area contributed by atoms with Crippen molar-refractivity contribution in [1.29, 1.82) is 0 Å². The first-order chi connectivity index (χ1) is 9.39. The lowest BCUT2D eigenvalue weighted by Crippen LogP contribution is -2.41. The number of nitrogens with zero attached hydrogens (tertiary/aromatic N) is 1. The third-order valence-corrected chi connectivity index (χ3v) is 3.49. The van der Waals surface area contributed by atoms with Gasteiger partial charge in [-0.1, -0.05) is 0 Å². The van der Waals surface area contributed by atoms with Crippen LogP contribution in [0.5, 0.6) is 0 Å². The highest BCUT2D eigenvalue weighted by molar-refractivity contribution is 7.52. The van der Waals surface area contributed by atoms with E-state index in [1.165, 1.54) is 6.92 Å². The molecule has 0 aromatic carbocycles. The summed E-state index contributed by atoms with van der Waals surface area (Å²) in [5.74, 6) is -0.962. The monoisotopic (exact) mass is 347 g/mol. The number of hydrogen-bond acceptors (Lipinski definition) is 5. The second kappa shape index (κ2) is 8.60. The van der Waals surface area contributed by atoms with Crippen molar-refractivity contribution in [3.05, 3.63) is 0 Å². The molecule has 2 amide bonds. The van der Waals surface area contributed by atoms with Gasteiger partial charge in [0.05, 0.1) is 6.54 Å².